The van der Waals surface area contributed by atoms with Crippen molar-refractivity contribution in [2.75, 3.05) is 6.54 Å². The van der Waals surface area contributed by atoms with Crippen molar-refractivity contribution in [3.05, 3.63) is 12.2 Å². The average Bonchev–Trinajstić information content (AvgIpc) is 3.01. The lowest BCUT2D eigenvalue weighted by Crippen LogP contribution is -2.53. The maximum absolute atomic E-state index is 12.2. The standard InChI is InChI=1S/C11H8N4O6/c16-6-1-2-7(17)13(6)12-5-10(20)15(11(12)21)14-8(18)3-4-9(14)19/h1-2H,3-5H2. The molecule has 0 saturated carbocycles. The maximum atomic E-state index is 12.2. The fourth-order valence-corrected chi connectivity index (χ4v) is 2.25. The fourth-order valence-electron chi connectivity index (χ4n) is 2.25. The van der Waals surface area contributed by atoms with E-state index in [0.29, 0.717) is 20.0 Å². The smallest absolute Gasteiger partial charge is 0.272 e. The molecule has 0 atom stereocenters. The molecule has 10 nitrogen and oxygen atoms in total. The molecule has 3 aliphatic rings. The molecule has 0 bridgehead atoms. The van der Waals surface area contributed by atoms with Gasteiger partial charge < -0.3 is 0 Å². The van der Waals surface area contributed by atoms with E-state index in [1.165, 1.54) is 0 Å². The van der Waals surface area contributed by atoms with Crippen molar-refractivity contribution in [2.24, 2.45) is 0 Å². The zero-order valence-corrected chi connectivity index (χ0v) is 10.5. The molecule has 10 heteroatoms. The van der Waals surface area contributed by atoms with Crippen molar-refractivity contribution in [1.82, 2.24) is 20.0 Å². The van der Waals surface area contributed by atoms with E-state index >= 15 is 0 Å². The third kappa shape index (κ3) is 1.72. The molecule has 0 aromatic heterocycles. The first-order valence-corrected chi connectivity index (χ1v) is 5.98. The van der Waals surface area contributed by atoms with Crippen LogP contribution in [-0.4, -0.2) is 62.1 Å². The fraction of sp³-hybridized carbons (Fsp3) is 0.273. The molecule has 0 radical (unpaired) electrons. The zero-order valence-electron chi connectivity index (χ0n) is 10.5. The number of hydrazine groups is 2. The van der Waals surface area contributed by atoms with Gasteiger partial charge in [0, 0.05) is 25.0 Å². The molecule has 3 heterocycles. The molecule has 0 aliphatic carbocycles. The zero-order chi connectivity index (χ0) is 15.3. The molecular weight excluding hydrogens is 284 g/mol. The third-order valence-electron chi connectivity index (χ3n) is 3.18. The number of carbonyl (C=O) groups excluding carboxylic acids is 6. The Morgan fingerprint density at radius 2 is 1.19 bits per heavy atom. The van der Waals surface area contributed by atoms with Crippen LogP contribution in [0.1, 0.15) is 12.8 Å². The highest BCUT2D eigenvalue weighted by Crippen LogP contribution is 2.23. The van der Waals surface area contributed by atoms with Gasteiger partial charge in [0.15, 0.2) is 0 Å². The monoisotopic (exact) mass is 292 g/mol. The van der Waals surface area contributed by atoms with Gasteiger partial charge in [0.05, 0.1) is 0 Å². The lowest BCUT2D eigenvalue weighted by molar-refractivity contribution is -0.159. The Kier molecular flexibility index (Phi) is 2.61. The molecule has 0 N–H and O–H groups in total. The average molecular weight is 292 g/mol. The van der Waals surface area contributed by atoms with Crippen LogP contribution in [0.25, 0.3) is 0 Å². The van der Waals surface area contributed by atoms with Gasteiger partial charge in [-0.1, -0.05) is 0 Å². The van der Waals surface area contributed by atoms with Crippen molar-refractivity contribution in [2.45, 2.75) is 12.8 Å². The lowest BCUT2D eigenvalue weighted by Gasteiger charge is -2.26. The number of imide groups is 3. The number of rotatable bonds is 2. The van der Waals surface area contributed by atoms with Gasteiger partial charge >= 0.3 is 6.03 Å². The Hall–Kier alpha value is -3.04. The van der Waals surface area contributed by atoms with E-state index < -0.39 is 42.1 Å². The van der Waals surface area contributed by atoms with E-state index in [-0.39, 0.29) is 12.8 Å². The summed E-state index contributed by atoms with van der Waals surface area (Å²) in [7, 11) is 0. The SMILES string of the molecule is O=C1C=CC(=O)N1N1CC(=O)N(N2C(=O)CCC2=O)C1=O. The van der Waals surface area contributed by atoms with Crippen LogP contribution < -0.4 is 0 Å². The first kappa shape index (κ1) is 13.0. The number of carbonyl (C=O) groups is 6. The summed E-state index contributed by atoms with van der Waals surface area (Å²) in [6.07, 6.45) is 1.71. The van der Waals surface area contributed by atoms with Crippen LogP contribution in [0.4, 0.5) is 4.79 Å². The van der Waals surface area contributed by atoms with Gasteiger partial charge in [-0.15, -0.1) is 0 Å². The van der Waals surface area contributed by atoms with Crippen LogP contribution in [0, 0.1) is 0 Å². The van der Waals surface area contributed by atoms with Crippen molar-refractivity contribution >= 4 is 35.6 Å². The molecule has 108 valence electrons. The summed E-state index contributed by atoms with van der Waals surface area (Å²) < 4.78 is 0. The second-order valence-electron chi connectivity index (χ2n) is 4.47. The van der Waals surface area contributed by atoms with Crippen LogP contribution in [0.5, 0.6) is 0 Å². The van der Waals surface area contributed by atoms with E-state index in [0.717, 1.165) is 12.2 Å². The molecular formula is C11H8N4O6. The Labute approximate surface area is 117 Å². The molecule has 3 aliphatic heterocycles. The van der Waals surface area contributed by atoms with Gasteiger partial charge in [-0.25, -0.2) is 9.80 Å². The number of hydrogen-bond donors (Lipinski definition) is 0. The van der Waals surface area contributed by atoms with Gasteiger partial charge in [-0.2, -0.15) is 15.0 Å². The quantitative estimate of drug-likeness (QED) is 0.436. The largest absolute Gasteiger partial charge is 0.366 e. The van der Waals surface area contributed by atoms with E-state index in [9.17, 15) is 28.8 Å². The van der Waals surface area contributed by atoms with Crippen molar-refractivity contribution in [1.29, 1.82) is 0 Å². The molecule has 0 unspecified atom stereocenters. The van der Waals surface area contributed by atoms with E-state index in [1.54, 1.807) is 0 Å². The topological polar surface area (TPSA) is 115 Å². The summed E-state index contributed by atoms with van der Waals surface area (Å²) in [5.41, 5.74) is 0. The Morgan fingerprint density at radius 1 is 0.667 bits per heavy atom. The van der Waals surface area contributed by atoms with Crippen LogP contribution >= 0.6 is 0 Å². The minimum absolute atomic E-state index is 0.0982. The predicted octanol–water partition coefficient (Wildman–Crippen LogP) is -1.85. The van der Waals surface area contributed by atoms with Crippen LogP contribution in [-0.2, 0) is 24.0 Å². The molecule has 3 rings (SSSR count). The first-order chi connectivity index (χ1) is 9.91. The number of nitrogens with zero attached hydrogens (tertiary/aromatic N) is 4. The second kappa shape index (κ2) is 4.23. The highest BCUT2D eigenvalue weighted by atomic mass is 16.3. The molecule has 2 saturated heterocycles. The lowest BCUT2D eigenvalue weighted by atomic mass is 10.4. The van der Waals surface area contributed by atoms with Gasteiger partial charge in [0.1, 0.15) is 6.54 Å². The maximum Gasteiger partial charge on any atom is 0.366 e. The summed E-state index contributed by atoms with van der Waals surface area (Å²) >= 11 is 0. The van der Waals surface area contributed by atoms with Gasteiger partial charge in [-0.05, 0) is 0 Å². The predicted molar refractivity (Wildman–Crippen MR) is 61.0 cm³/mol. The summed E-state index contributed by atoms with van der Waals surface area (Å²) in [6, 6.07) is -1.09. The molecule has 0 aromatic rings. The number of amides is 7. The van der Waals surface area contributed by atoms with Gasteiger partial charge in [0.25, 0.3) is 17.7 Å². The molecule has 0 spiro atoms. The minimum Gasteiger partial charge on any atom is -0.272 e. The molecule has 0 aromatic carbocycles. The summed E-state index contributed by atoms with van der Waals surface area (Å²) in [5, 5.41) is 1.93. The third-order valence-corrected chi connectivity index (χ3v) is 3.18. The van der Waals surface area contributed by atoms with E-state index in [2.05, 4.69) is 0 Å². The summed E-state index contributed by atoms with van der Waals surface area (Å²) in [6.45, 7) is -0.602. The van der Waals surface area contributed by atoms with Crippen molar-refractivity contribution in [3.8, 4) is 0 Å². The highest BCUT2D eigenvalue weighted by Gasteiger charge is 2.50. The van der Waals surface area contributed by atoms with Crippen LogP contribution in [0.2, 0.25) is 0 Å². The molecule has 21 heavy (non-hydrogen) atoms. The normalized spacial score (nSPS) is 22.7. The van der Waals surface area contributed by atoms with Gasteiger partial charge in [-0.3, -0.25) is 24.0 Å². The van der Waals surface area contributed by atoms with Gasteiger partial charge in [0.2, 0.25) is 11.8 Å². The van der Waals surface area contributed by atoms with E-state index in [1.807, 2.05) is 0 Å². The molecule has 7 amide bonds. The summed E-state index contributed by atoms with van der Waals surface area (Å²) in [4.78, 5) is 70.3. The summed E-state index contributed by atoms with van der Waals surface area (Å²) in [5.74, 6) is -3.78. The minimum atomic E-state index is -1.09. The van der Waals surface area contributed by atoms with Crippen LogP contribution in [0.15, 0.2) is 12.2 Å². The second-order valence-corrected chi connectivity index (χ2v) is 4.47. The van der Waals surface area contributed by atoms with E-state index in [4.69, 9.17) is 0 Å². The Bertz CT molecular complexity index is 619. The Balaban J connectivity index is 1.89. The number of hydrogen-bond acceptors (Lipinski definition) is 6. The highest BCUT2D eigenvalue weighted by molar-refractivity contribution is 6.16. The number of urea groups is 1. The van der Waals surface area contributed by atoms with Crippen LogP contribution in [0.3, 0.4) is 0 Å². The van der Waals surface area contributed by atoms with Crippen molar-refractivity contribution in [3.63, 3.8) is 0 Å². The first-order valence-electron chi connectivity index (χ1n) is 5.98. The molecule has 2 fully saturated rings. The van der Waals surface area contributed by atoms with Crippen molar-refractivity contribution < 1.29 is 28.8 Å². The Morgan fingerprint density at radius 3 is 1.71 bits per heavy atom.